The molecule has 0 aromatic rings. The Labute approximate surface area is 108 Å². The molecule has 0 radical (unpaired) electrons. The fraction of sp³-hybridized carbons (Fsp3) is 0.833. The van der Waals surface area contributed by atoms with Crippen molar-refractivity contribution in [2.75, 3.05) is 13.2 Å². The molecule has 0 aliphatic carbocycles. The average molecular weight is 264 g/mol. The van der Waals surface area contributed by atoms with Gasteiger partial charge in [-0.3, -0.25) is 0 Å². The van der Waals surface area contributed by atoms with Crippen LogP contribution in [0.2, 0.25) is 0 Å². The van der Waals surface area contributed by atoms with Crippen LogP contribution >= 0.6 is 0 Å². The lowest BCUT2D eigenvalue weighted by atomic mass is 10.1. The van der Waals surface area contributed by atoms with Crippen LogP contribution in [0.25, 0.3) is 0 Å². The molecule has 2 N–H and O–H groups in total. The third kappa shape index (κ3) is 24.0. The highest BCUT2D eigenvalue weighted by atomic mass is 16.7. The molecule has 6 heteroatoms. The van der Waals surface area contributed by atoms with E-state index in [2.05, 4.69) is 27.7 Å². The Bertz CT molecular complexity index is 205. The van der Waals surface area contributed by atoms with Crippen molar-refractivity contribution in [2.45, 2.75) is 40.5 Å². The predicted molar refractivity (Wildman–Crippen MR) is 66.9 cm³/mol. The van der Waals surface area contributed by atoms with Gasteiger partial charge >= 0.3 is 12.3 Å². The van der Waals surface area contributed by atoms with E-state index in [4.69, 9.17) is 24.5 Å². The van der Waals surface area contributed by atoms with Gasteiger partial charge in [0.2, 0.25) is 0 Å². The van der Waals surface area contributed by atoms with Crippen molar-refractivity contribution in [2.24, 2.45) is 11.8 Å². The lowest BCUT2D eigenvalue weighted by Gasteiger charge is -2.08. The fourth-order valence-corrected chi connectivity index (χ4v) is 0.798. The van der Waals surface area contributed by atoms with Gasteiger partial charge in [-0.05, 0) is 24.7 Å². The highest BCUT2D eigenvalue weighted by Gasteiger charge is 2.04. The maximum Gasteiger partial charge on any atom is 0.508 e. The molecular formula is C12H24O6. The van der Waals surface area contributed by atoms with Crippen LogP contribution in [0.3, 0.4) is 0 Å². The lowest BCUT2D eigenvalue weighted by Crippen LogP contribution is -2.11. The lowest BCUT2D eigenvalue weighted by molar-refractivity contribution is 0.0496. The Morgan fingerprint density at radius 3 is 1.39 bits per heavy atom. The standard InChI is InChI=1S/C11H22O3.CH2O3/c1-9(2)5-7-13-11(12)14-8-6-10(3)4;2-1(3)4/h9-10H,5-8H2,1-4H3;(H2,2,3,4). The number of hydrogen-bond donors (Lipinski definition) is 2. The first-order valence-corrected chi connectivity index (χ1v) is 5.97. The van der Waals surface area contributed by atoms with E-state index in [9.17, 15) is 4.79 Å². The van der Waals surface area contributed by atoms with Crippen LogP contribution in [0.5, 0.6) is 0 Å². The first-order valence-electron chi connectivity index (χ1n) is 5.97. The molecule has 0 fully saturated rings. The summed E-state index contributed by atoms with van der Waals surface area (Å²) in [4.78, 5) is 19.5. The Morgan fingerprint density at radius 1 is 0.889 bits per heavy atom. The summed E-state index contributed by atoms with van der Waals surface area (Å²) in [6, 6.07) is 0. The molecule has 0 atom stereocenters. The summed E-state index contributed by atoms with van der Waals surface area (Å²) in [6.07, 6.45) is -0.593. The highest BCUT2D eigenvalue weighted by Crippen LogP contribution is 2.02. The molecule has 0 spiro atoms. The van der Waals surface area contributed by atoms with E-state index in [-0.39, 0.29) is 0 Å². The normalized spacial score (nSPS) is 9.67. The van der Waals surface area contributed by atoms with Gasteiger partial charge in [-0.25, -0.2) is 9.59 Å². The summed E-state index contributed by atoms with van der Waals surface area (Å²) in [7, 11) is 0. The van der Waals surface area contributed by atoms with Gasteiger partial charge in [0.1, 0.15) is 0 Å². The van der Waals surface area contributed by atoms with E-state index < -0.39 is 12.3 Å². The summed E-state index contributed by atoms with van der Waals surface area (Å²) in [5.74, 6) is 1.11. The molecule has 0 saturated carbocycles. The molecule has 6 nitrogen and oxygen atoms in total. The number of ether oxygens (including phenoxy) is 2. The second-order valence-electron chi connectivity index (χ2n) is 4.59. The van der Waals surface area contributed by atoms with E-state index >= 15 is 0 Å². The third-order valence-corrected chi connectivity index (χ3v) is 1.83. The Morgan fingerprint density at radius 2 is 1.17 bits per heavy atom. The van der Waals surface area contributed by atoms with Crippen molar-refractivity contribution in [3.05, 3.63) is 0 Å². The second-order valence-corrected chi connectivity index (χ2v) is 4.59. The van der Waals surface area contributed by atoms with Crippen molar-refractivity contribution in [3.8, 4) is 0 Å². The summed E-state index contributed by atoms with van der Waals surface area (Å²) in [5.41, 5.74) is 0. The maximum absolute atomic E-state index is 11.0. The zero-order chi connectivity index (χ0) is 14.6. The van der Waals surface area contributed by atoms with Crippen molar-refractivity contribution < 1.29 is 29.3 Å². The van der Waals surface area contributed by atoms with Gasteiger partial charge in [-0.1, -0.05) is 27.7 Å². The molecule has 0 aromatic carbocycles. The molecule has 0 heterocycles. The molecule has 0 rings (SSSR count). The van der Waals surface area contributed by atoms with Crippen LogP contribution < -0.4 is 0 Å². The zero-order valence-corrected chi connectivity index (χ0v) is 11.5. The molecule has 0 saturated heterocycles. The molecule has 18 heavy (non-hydrogen) atoms. The zero-order valence-electron chi connectivity index (χ0n) is 11.5. The molecule has 0 aromatic heterocycles. The van der Waals surface area contributed by atoms with Crippen LogP contribution in [-0.2, 0) is 9.47 Å². The molecule has 0 amide bonds. The topological polar surface area (TPSA) is 93.1 Å². The van der Waals surface area contributed by atoms with Crippen molar-refractivity contribution in [1.29, 1.82) is 0 Å². The molecule has 0 aliphatic rings. The van der Waals surface area contributed by atoms with E-state index in [0.717, 1.165) is 12.8 Å². The van der Waals surface area contributed by atoms with Gasteiger partial charge in [0.25, 0.3) is 0 Å². The van der Waals surface area contributed by atoms with E-state index in [1.54, 1.807) is 0 Å². The van der Waals surface area contributed by atoms with Gasteiger partial charge < -0.3 is 19.7 Å². The molecule has 0 bridgehead atoms. The minimum absolute atomic E-state index is 0.457. The Hall–Kier alpha value is -1.46. The highest BCUT2D eigenvalue weighted by molar-refractivity contribution is 5.59. The largest absolute Gasteiger partial charge is 0.508 e. The van der Waals surface area contributed by atoms with Crippen molar-refractivity contribution >= 4 is 12.3 Å². The quantitative estimate of drug-likeness (QED) is 0.713. The van der Waals surface area contributed by atoms with Crippen LogP contribution in [0.15, 0.2) is 0 Å². The summed E-state index contributed by atoms with van der Waals surface area (Å²) >= 11 is 0. The van der Waals surface area contributed by atoms with Gasteiger partial charge in [0.15, 0.2) is 0 Å². The van der Waals surface area contributed by atoms with Crippen molar-refractivity contribution in [3.63, 3.8) is 0 Å². The monoisotopic (exact) mass is 264 g/mol. The van der Waals surface area contributed by atoms with Crippen LogP contribution in [0.4, 0.5) is 9.59 Å². The Balaban J connectivity index is 0. The summed E-state index contributed by atoms with van der Waals surface area (Å²) < 4.78 is 9.75. The fourth-order valence-electron chi connectivity index (χ4n) is 0.798. The van der Waals surface area contributed by atoms with Crippen LogP contribution in [0.1, 0.15) is 40.5 Å². The first kappa shape index (κ1) is 18.9. The number of carboxylic acid groups (broad SMARTS) is 2. The number of carbonyl (C=O) groups excluding carboxylic acids is 1. The van der Waals surface area contributed by atoms with Gasteiger partial charge in [-0.15, -0.1) is 0 Å². The van der Waals surface area contributed by atoms with Crippen LogP contribution in [-0.4, -0.2) is 35.7 Å². The number of hydrogen-bond acceptors (Lipinski definition) is 4. The summed E-state index contributed by atoms with van der Waals surface area (Å²) in [6.45, 7) is 9.28. The molecule has 0 aliphatic heterocycles. The van der Waals surface area contributed by atoms with E-state index in [0.29, 0.717) is 25.0 Å². The first-order chi connectivity index (χ1) is 8.25. The Kier molecular flexibility index (Phi) is 12.6. The smallest absolute Gasteiger partial charge is 0.450 e. The SMILES string of the molecule is CC(C)CCOC(=O)OCCC(C)C.O=C(O)O. The number of carbonyl (C=O) groups is 2. The van der Waals surface area contributed by atoms with Gasteiger partial charge in [0, 0.05) is 0 Å². The molecular weight excluding hydrogens is 240 g/mol. The number of rotatable bonds is 6. The second kappa shape index (κ2) is 12.0. The molecule has 0 unspecified atom stereocenters. The predicted octanol–water partition coefficient (Wildman–Crippen LogP) is 3.45. The third-order valence-electron chi connectivity index (χ3n) is 1.83. The maximum atomic E-state index is 11.0. The summed E-state index contributed by atoms with van der Waals surface area (Å²) in [5, 5.41) is 13.9. The average Bonchev–Trinajstić information content (AvgIpc) is 2.15. The van der Waals surface area contributed by atoms with Gasteiger partial charge in [0.05, 0.1) is 13.2 Å². The van der Waals surface area contributed by atoms with E-state index in [1.807, 2.05) is 0 Å². The minimum Gasteiger partial charge on any atom is -0.450 e. The van der Waals surface area contributed by atoms with Crippen LogP contribution in [0, 0.1) is 11.8 Å². The van der Waals surface area contributed by atoms with Crippen molar-refractivity contribution in [1.82, 2.24) is 0 Å². The minimum atomic E-state index is -1.83. The van der Waals surface area contributed by atoms with E-state index in [1.165, 1.54) is 0 Å². The van der Waals surface area contributed by atoms with Gasteiger partial charge in [-0.2, -0.15) is 0 Å². The molecule has 108 valence electrons.